The van der Waals surface area contributed by atoms with Gasteiger partial charge >= 0.3 is 0 Å². The van der Waals surface area contributed by atoms with Crippen LogP contribution >= 0.6 is 0 Å². The number of anilines is 1. The van der Waals surface area contributed by atoms with Gasteiger partial charge in [-0.2, -0.15) is 0 Å². The van der Waals surface area contributed by atoms with Crippen LogP contribution in [-0.4, -0.2) is 34.1 Å². The third-order valence-corrected chi connectivity index (χ3v) is 4.69. The fraction of sp³-hybridized carbons (Fsp3) is 0.316. The summed E-state index contributed by atoms with van der Waals surface area (Å²) in [6.07, 6.45) is 5.62. The molecule has 0 spiro atoms. The van der Waals surface area contributed by atoms with Gasteiger partial charge in [0.15, 0.2) is 5.43 Å². The van der Waals surface area contributed by atoms with Crippen molar-refractivity contribution in [2.45, 2.75) is 25.4 Å². The van der Waals surface area contributed by atoms with Crippen LogP contribution < -0.4 is 15.6 Å². The van der Waals surface area contributed by atoms with Crippen molar-refractivity contribution in [1.82, 2.24) is 20.3 Å². The number of H-pyrrole nitrogens is 1. The Bertz CT molecular complexity index is 959. The molecule has 26 heavy (non-hydrogen) atoms. The summed E-state index contributed by atoms with van der Waals surface area (Å²) < 4.78 is 13.3. The number of halogens is 1. The molecule has 2 aromatic heterocycles. The van der Waals surface area contributed by atoms with Crippen molar-refractivity contribution in [3.8, 4) is 0 Å². The average molecular weight is 353 g/mol. The largest absolute Gasteiger partial charge is 0.357 e. The van der Waals surface area contributed by atoms with E-state index in [2.05, 4.69) is 25.2 Å². The van der Waals surface area contributed by atoms with Crippen molar-refractivity contribution in [2.75, 3.05) is 18.0 Å². The number of rotatable bonds is 4. The normalized spacial score (nSPS) is 17.6. The minimum absolute atomic E-state index is 0.169. The first kappa shape index (κ1) is 16.7. The molecule has 0 radical (unpaired) electrons. The van der Waals surface area contributed by atoms with E-state index in [1.807, 2.05) is 6.07 Å². The van der Waals surface area contributed by atoms with Crippen molar-refractivity contribution in [3.05, 3.63) is 64.5 Å². The van der Waals surface area contributed by atoms with Crippen molar-refractivity contribution >= 4 is 16.9 Å². The van der Waals surface area contributed by atoms with Crippen LogP contribution in [0.1, 0.15) is 18.5 Å². The fourth-order valence-electron chi connectivity index (χ4n) is 3.40. The monoisotopic (exact) mass is 353 g/mol. The summed E-state index contributed by atoms with van der Waals surface area (Å²) >= 11 is 0. The summed E-state index contributed by atoms with van der Waals surface area (Å²) in [5, 5.41) is 3.87. The number of hydrogen-bond acceptors (Lipinski definition) is 5. The molecule has 7 heteroatoms. The molecular weight excluding hydrogens is 333 g/mol. The van der Waals surface area contributed by atoms with Crippen LogP contribution in [0.5, 0.6) is 0 Å². The highest BCUT2D eigenvalue weighted by Gasteiger charge is 2.21. The molecule has 4 rings (SSSR count). The third kappa shape index (κ3) is 3.57. The Labute approximate surface area is 150 Å². The molecule has 3 aromatic rings. The van der Waals surface area contributed by atoms with Crippen LogP contribution in [0, 0.1) is 5.82 Å². The zero-order valence-electron chi connectivity index (χ0n) is 14.3. The molecule has 1 atom stereocenters. The molecule has 0 amide bonds. The van der Waals surface area contributed by atoms with Gasteiger partial charge in [-0.25, -0.2) is 14.4 Å². The van der Waals surface area contributed by atoms with E-state index < -0.39 is 5.82 Å². The first-order valence-electron chi connectivity index (χ1n) is 8.76. The molecule has 2 N–H and O–H groups in total. The second-order valence-electron chi connectivity index (χ2n) is 6.56. The van der Waals surface area contributed by atoms with E-state index in [-0.39, 0.29) is 5.43 Å². The number of aromatic amines is 1. The number of hydrogen-bond donors (Lipinski definition) is 2. The maximum Gasteiger partial charge on any atom is 0.225 e. The van der Waals surface area contributed by atoms with Gasteiger partial charge in [0.2, 0.25) is 5.95 Å². The van der Waals surface area contributed by atoms with Crippen molar-refractivity contribution < 1.29 is 4.39 Å². The molecule has 1 saturated heterocycles. The Morgan fingerprint density at radius 1 is 1.27 bits per heavy atom. The van der Waals surface area contributed by atoms with E-state index in [1.165, 1.54) is 18.2 Å². The van der Waals surface area contributed by atoms with Gasteiger partial charge in [0.1, 0.15) is 5.82 Å². The molecule has 134 valence electrons. The van der Waals surface area contributed by atoms with Crippen LogP contribution in [0.15, 0.2) is 47.5 Å². The Morgan fingerprint density at radius 3 is 2.96 bits per heavy atom. The number of aromatic nitrogens is 3. The molecule has 0 aliphatic carbocycles. The smallest absolute Gasteiger partial charge is 0.225 e. The van der Waals surface area contributed by atoms with Crippen LogP contribution in [0.25, 0.3) is 10.9 Å². The lowest BCUT2D eigenvalue weighted by Gasteiger charge is -2.33. The minimum atomic E-state index is -0.403. The molecule has 1 fully saturated rings. The van der Waals surface area contributed by atoms with Gasteiger partial charge < -0.3 is 15.2 Å². The second kappa shape index (κ2) is 7.21. The lowest BCUT2D eigenvalue weighted by atomic mass is 10.1. The summed E-state index contributed by atoms with van der Waals surface area (Å²) in [7, 11) is 0. The molecule has 1 aliphatic heterocycles. The van der Waals surface area contributed by atoms with Gasteiger partial charge in [-0.1, -0.05) is 0 Å². The van der Waals surface area contributed by atoms with Gasteiger partial charge in [0.25, 0.3) is 0 Å². The lowest BCUT2D eigenvalue weighted by molar-refractivity contribution is 0.416. The van der Waals surface area contributed by atoms with Crippen molar-refractivity contribution in [2.24, 2.45) is 0 Å². The Balaban J connectivity index is 1.44. The molecule has 6 nitrogen and oxygen atoms in total. The predicted octanol–water partition coefficient (Wildman–Crippen LogP) is 2.22. The molecule has 1 aromatic carbocycles. The number of nitrogens with one attached hydrogen (secondary N) is 2. The maximum atomic E-state index is 13.3. The number of fused-ring (bicyclic) bond motifs is 1. The van der Waals surface area contributed by atoms with Gasteiger partial charge in [0, 0.05) is 60.7 Å². The molecular formula is C19H20FN5O. The molecule has 0 bridgehead atoms. The molecule has 1 aliphatic rings. The van der Waals surface area contributed by atoms with E-state index in [4.69, 9.17) is 0 Å². The first-order valence-corrected chi connectivity index (χ1v) is 8.76. The minimum Gasteiger partial charge on any atom is -0.357 e. The van der Waals surface area contributed by atoms with E-state index in [9.17, 15) is 9.18 Å². The SMILES string of the molecule is O=c1cc(CNC2CCCN(c3ncccn3)C2)[nH]c2ccc(F)cc12. The van der Waals surface area contributed by atoms with E-state index in [0.717, 1.165) is 37.6 Å². The zero-order chi connectivity index (χ0) is 17.9. The van der Waals surface area contributed by atoms with Crippen LogP contribution in [-0.2, 0) is 6.54 Å². The topological polar surface area (TPSA) is 73.9 Å². The summed E-state index contributed by atoms with van der Waals surface area (Å²) in [6, 6.07) is 7.87. The zero-order valence-corrected chi connectivity index (χ0v) is 14.3. The second-order valence-corrected chi connectivity index (χ2v) is 6.56. The fourth-order valence-corrected chi connectivity index (χ4v) is 3.40. The van der Waals surface area contributed by atoms with Gasteiger partial charge in [0.05, 0.1) is 0 Å². The van der Waals surface area contributed by atoms with Gasteiger partial charge in [-0.3, -0.25) is 4.79 Å². The number of nitrogens with zero attached hydrogens (tertiary/aromatic N) is 3. The Kier molecular flexibility index (Phi) is 4.62. The summed E-state index contributed by atoms with van der Waals surface area (Å²) in [6.45, 7) is 2.32. The van der Waals surface area contributed by atoms with Crippen molar-refractivity contribution in [1.29, 1.82) is 0 Å². The van der Waals surface area contributed by atoms with Crippen LogP contribution in [0.4, 0.5) is 10.3 Å². The van der Waals surface area contributed by atoms with Gasteiger partial charge in [-0.05, 0) is 37.1 Å². The van der Waals surface area contributed by atoms with E-state index >= 15 is 0 Å². The highest BCUT2D eigenvalue weighted by Crippen LogP contribution is 2.16. The third-order valence-electron chi connectivity index (χ3n) is 4.69. The van der Waals surface area contributed by atoms with Gasteiger partial charge in [-0.15, -0.1) is 0 Å². The molecule has 3 heterocycles. The quantitative estimate of drug-likeness (QED) is 0.752. The number of benzene rings is 1. The van der Waals surface area contributed by atoms with E-state index in [0.29, 0.717) is 23.5 Å². The highest BCUT2D eigenvalue weighted by molar-refractivity contribution is 5.78. The average Bonchev–Trinajstić information content (AvgIpc) is 2.68. The number of pyridine rings is 1. The summed E-state index contributed by atoms with van der Waals surface area (Å²) in [5.41, 5.74) is 1.28. The van der Waals surface area contributed by atoms with Crippen LogP contribution in [0.3, 0.4) is 0 Å². The predicted molar refractivity (Wildman–Crippen MR) is 98.6 cm³/mol. The standard InChI is InChI=1S/C19H20FN5O/c20-13-4-5-17-16(9-13)18(26)10-15(24-17)11-23-14-3-1-8-25(12-14)19-21-6-2-7-22-19/h2,4-7,9-10,14,23H,1,3,8,11-12H2,(H,24,26). The summed E-state index contributed by atoms with van der Waals surface area (Å²) in [5.74, 6) is 0.347. The molecule has 0 saturated carbocycles. The Morgan fingerprint density at radius 2 is 2.12 bits per heavy atom. The Hall–Kier alpha value is -2.80. The van der Waals surface area contributed by atoms with Crippen molar-refractivity contribution in [3.63, 3.8) is 0 Å². The van der Waals surface area contributed by atoms with Crippen LogP contribution in [0.2, 0.25) is 0 Å². The lowest BCUT2D eigenvalue weighted by Crippen LogP contribution is -2.46. The maximum absolute atomic E-state index is 13.3. The molecule has 1 unspecified atom stereocenters. The summed E-state index contributed by atoms with van der Waals surface area (Å²) in [4.78, 5) is 26.2. The highest BCUT2D eigenvalue weighted by atomic mass is 19.1. The van der Waals surface area contributed by atoms with E-state index in [1.54, 1.807) is 18.5 Å². The first-order chi connectivity index (χ1) is 12.7. The number of piperidine rings is 1.